The molecule has 0 atom stereocenters. The number of anilines is 1. The molecule has 2 heterocycles. The van der Waals surface area contributed by atoms with Crippen LogP contribution in [0.25, 0.3) is 0 Å². The monoisotopic (exact) mass is 249 g/mol. The number of hydrogen-bond donors (Lipinski definition) is 1. The molecule has 5 heteroatoms. The maximum atomic E-state index is 5.28. The van der Waals surface area contributed by atoms with Gasteiger partial charge in [0.1, 0.15) is 10.8 Å². The van der Waals surface area contributed by atoms with E-state index in [0.29, 0.717) is 5.95 Å². The van der Waals surface area contributed by atoms with Gasteiger partial charge in [0.2, 0.25) is 5.95 Å². The minimum absolute atomic E-state index is 0.689. The van der Waals surface area contributed by atoms with Gasteiger partial charge in [0.25, 0.3) is 0 Å². The average molecular weight is 249 g/mol. The molecule has 0 amide bonds. The van der Waals surface area contributed by atoms with Crippen LogP contribution in [0.5, 0.6) is 0 Å². The molecule has 2 aromatic rings. The van der Waals surface area contributed by atoms with Crippen molar-refractivity contribution in [3.05, 3.63) is 35.9 Å². The van der Waals surface area contributed by atoms with Crippen LogP contribution in [0.15, 0.2) is 33.9 Å². The smallest absolute Gasteiger partial charge is 0.223 e. The second-order valence-corrected chi connectivity index (χ2v) is 4.57. The lowest BCUT2D eigenvalue weighted by Gasteiger charge is -2.05. The predicted molar refractivity (Wildman–Crippen MR) is 69.2 cm³/mol. The lowest BCUT2D eigenvalue weighted by molar-refractivity contribution is 0.530. The summed E-state index contributed by atoms with van der Waals surface area (Å²) in [6, 6.07) is 5.84. The quantitative estimate of drug-likeness (QED) is 0.652. The second-order valence-electron chi connectivity index (χ2n) is 3.57. The first kappa shape index (κ1) is 12.0. The zero-order chi connectivity index (χ0) is 12.1. The van der Waals surface area contributed by atoms with E-state index in [1.54, 1.807) is 18.0 Å². The summed E-state index contributed by atoms with van der Waals surface area (Å²) in [6.07, 6.45) is 1.69. The molecule has 17 heavy (non-hydrogen) atoms. The van der Waals surface area contributed by atoms with Gasteiger partial charge in [0.05, 0.1) is 12.0 Å². The Morgan fingerprint density at radius 3 is 3.00 bits per heavy atom. The summed E-state index contributed by atoms with van der Waals surface area (Å²) in [6.45, 7) is 4.83. The fourth-order valence-electron chi connectivity index (χ4n) is 1.39. The Bertz CT molecular complexity index is 471. The molecule has 1 N–H and O–H groups in total. The highest BCUT2D eigenvalue weighted by molar-refractivity contribution is 7.98. The standard InChI is InChI=1S/C12H15N3OS/c1-3-13-12-14-9(2)7-11(15-12)17-8-10-5-4-6-16-10/h4-7H,3,8H2,1-2H3,(H,13,14,15). The lowest BCUT2D eigenvalue weighted by atomic mass is 10.5. The molecule has 0 unspecified atom stereocenters. The van der Waals surface area contributed by atoms with Crippen molar-refractivity contribution in [3.63, 3.8) is 0 Å². The molecule has 4 nitrogen and oxygen atoms in total. The van der Waals surface area contributed by atoms with Crippen molar-refractivity contribution in [2.24, 2.45) is 0 Å². The Kier molecular flexibility index (Phi) is 4.03. The Balaban J connectivity index is 2.04. The van der Waals surface area contributed by atoms with E-state index in [1.807, 2.05) is 32.0 Å². The molecule has 0 spiro atoms. The van der Waals surface area contributed by atoms with Gasteiger partial charge in [-0.25, -0.2) is 9.97 Å². The summed E-state index contributed by atoms with van der Waals surface area (Å²) in [5.41, 5.74) is 0.970. The molecule has 0 aromatic carbocycles. The van der Waals surface area contributed by atoms with Crippen LogP contribution < -0.4 is 5.32 Å². The van der Waals surface area contributed by atoms with Gasteiger partial charge < -0.3 is 9.73 Å². The van der Waals surface area contributed by atoms with Crippen molar-refractivity contribution >= 4 is 17.7 Å². The number of nitrogens with zero attached hydrogens (tertiary/aromatic N) is 2. The normalized spacial score (nSPS) is 10.5. The molecule has 0 saturated carbocycles. The highest BCUT2D eigenvalue weighted by Gasteiger charge is 2.03. The van der Waals surface area contributed by atoms with Crippen LogP contribution in [0.4, 0.5) is 5.95 Å². The van der Waals surface area contributed by atoms with Crippen LogP contribution in [0, 0.1) is 6.92 Å². The third-order valence-corrected chi connectivity index (χ3v) is 3.04. The van der Waals surface area contributed by atoms with Crippen molar-refractivity contribution < 1.29 is 4.42 Å². The topological polar surface area (TPSA) is 51.0 Å². The minimum Gasteiger partial charge on any atom is -0.468 e. The number of nitrogens with one attached hydrogen (secondary N) is 1. The van der Waals surface area contributed by atoms with E-state index < -0.39 is 0 Å². The molecule has 90 valence electrons. The second kappa shape index (κ2) is 5.72. The van der Waals surface area contributed by atoms with Crippen LogP contribution in [0.1, 0.15) is 18.4 Å². The maximum absolute atomic E-state index is 5.28. The van der Waals surface area contributed by atoms with Gasteiger partial charge in [-0.3, -0.25) is 0 Å². The largest absolute Gasteiger partial charge is 0.468 e. The Morgan fingerprint density at radius 2 is 2.29 bits per heavy atom. The van der Waals surface area contributed by atoms with Gasteiger partial charge in [-0.05, 0) is 32.0 Å². The van der Waals surface area contributed by atoms with Gasteiger partial charge in [-0.2, -0.15) is 0 Å². The third-order valence-electron chi connectivity index (χ3n) is 2.11. The summed E-state index contributed by atoms with van der Waals surface area (Å²) in [7, 11) is 0. The number of aryl methyl sites for hydroxylation is 1. The molecular formula is C12H15N3OS. The van der Waals surface area contributed by atoms with Crippen molar-refractivity contribution in [2.45, 2.75) is 24.6 Å². The van der Waals surface area contributed by atoms with Crippen molar-refractivity contribution in [3.8, 4) is 0 Å². The molecular weight excluding hydrogens is 234 g/mol. The highest BCUT2D eigenvalue weighted by Crippen LogP contribution is 2.22. The molecule has 0 saturated heterocycles. The van der Waals surface area contributed by atoms with E-state index in [1.165, 1.54) is 0 Å². The predicted octanol–water partition coefficient (Wildman–Crippen LogP) is 3.10. The number of aromatic nitrogens is 2. The minimum atomic E-state index is 0.689. The number of rotatable bonds is 5. The molecule has 0 aliphatic heterocycles. The van der Waals surface area contributed by atoms with E-state index in [0.717, 1.165) is 28.8 Å². The maximum Gasteiger partial charge on any atom is 0.223 e. The number of hydrogen-bond acceptors (Lipinski definition) is 5. The van der Waals surface area contributed by atoms with Crippen molar-refractivity contribution in [2.75, 3.05) is 11.9 Å². The Hall–Kier alpha value is -1.49. The van der Waals surface area contributed by atoms with Gasteiger partial charge in [-0.15, -0.1) is 0 Å². The summed E-state index contributed by atoms with van der Waals surface area (Å²) in [5.74, 6) is 2.43. The summed E-state index contributed by atoms with van der Waals surface area (Å²) >= 11 is 1.65. The van der Waals surface area contributed by atoms with Crippen LogP contribution in [-0.4, -0.2) is 16.5 Å². The molecule has 0 aliphatic carbocycles. The molecule has 0 bridgehead atoms. The Morgan fingerprint density at radius 1 is 1.41 bits per heavy atom. The fourth-order valence-corrected chi connectivity index (χ4v) is 2.25. The van der Waals surface area contributed by atoms with Crippen LogP contribution >= 0.6 is 11.8 Å². The Labute approximate surface area is 105 Å². The van der Waals surface area contributed by atoms with Crippen LogP contribution in [-0.2, 0) is 5.75 Å². The zero-order valence-corrected chi connectivity index (χ0v) is 10.8. The van der Waals surface area contributed by atoms with Crippen molar-refractivity contribution in [1.29, 1.82) is 0 Å². The van der Waals surface area contributed by atoms with E-state index in [2.05, 4.69) is 15.3 Å². The van der Waals surface area contributed by atoms with Crippen LogP contribution in [0.2, 0.25) is 0 Å². The first-order chi connectivity index (χ1) is 8.28. The average Bonchev–Trinajstić information content (AvgIpc) is 2.79. The number of thioether (sulfide) groups is 1. The fraction of sp³-hybridized carbons (Fsp3) is 0.333. The summed E-state index contributed by atoms with van der Waals surface area (Å²) < 4.78 is 5.28. The highest BCUT2D eigenvalue weighted by atomic mass is 32.2. The lowest BCUT2D eigenvalue weighted by Crippen LogP contribution is -2.03. The summed E-state index contributed by atoms with van der Waals surface area (Å²) in [4.78, 5) is 8.73. The SMILES string of the molecule is CCNc1nc(C)cc(SCc2ccco2)n1. The zero-order valence-electron chi connectivity index (χ0n) is 9.93. The molecule has 2 rings (SSSR count). The third kappa shape index (κ3) is 3.49. The van der Waals surface area contributed by atoms with E-state index in [4.69, 9.17) is 4.42 Å². The van der Waals surface area contributed by atoms with Gasteiger partial charge in [-0.1, -0.05) is 11.8 Å². The van der Waals surface area contributed by atoms with E-state index in [9.17, 15) is 0 Å². The van der Waals surface area contributed by atoms with E-state index in [-0.39, 0.29) is 0 Å². The van der Waals surface area contributed by atoms with Gasteiger partial charge in [0.15, 0.2) is 0 Å². The van der Waals surface area contributed by atoms with E-state index >= 15 is 0 Å². The number of furan rings is 1. The molecule has 2 aromatic heterocycles. The molecule has 0 aliphatic rings. The first-order valence-corrected chi connectivity index (χ1v) is 6.51. The van der Waals surface area contributed by atoms with Gasteiger partial charge in [0, 0.05) is 12.2 Å². The van der Waals surface area contributed by atoms with Crippen molar-refractivity contribution in [1.82, 2.24) is 9.97 Å². The summed E-state index contributed by atoms with van der Waals surface area (Å²) in [5, 5.41) is 4.09. The van der Waals surface area contributed by atoms with Gasteiger partial charge >= 0.3 is 0 Å². The molecule has 0 fully saturated rings. The van der Waals surface area contributed by atoms with Crippen LogP contribution in [0.3, 0.4) is 0 Å². The first-order valence-electron chi connectivity index (χ1n) is 5.52. The molecule has 0 radical (unpaired) electrons.